The maximum Gasteiger partial charge on any atom is 0.416 e. The molecular weight excluding hydrogens is 395 g/mol. The number of hydrogen-bond donors (Lipinski definition) is 1. The van der Waals surface area contributed by atoms with E-state index in [1.54, 1.807) is 0 Å². The Labute approximate surface area is 161 Å². The lowest BCUT2D eigenvalue weighted by Gasteiger charge is -2.11. The molecule has 0 unspecified atom stereocenters. The molecule has 150 valence electrons. The standard InChI is InChI=1S/C20H13F5N2O2/c21-16-7-6-14(10-17(16)22)26-18(28)15-5-2-8-27(19(15)29)11-12-3-1-4-13(9-12)20(23,24)25/h1-10H,11H2,(H,26,28). The minimum absolute atomic E-state index is 0.0541. The van der Waals surface area contributed by atoms with Crippen LogP contribution >= 0.6 is 0 Å². The first-order valence-corrected chi connectivity index (χ1v) is 8.27. The van der Waals surface area contributed by atoms with Crippen LogP contribution in [0.15, 0.2) is 65.6 Å². The highest BCUT2D eigenvalue weighted by Gasteiger charge is 2.30. The zero-order chi connectivity index (χ0) is 21.2. The van der Waals surface area contributed by atoms with E-state index in [2.05, 4.69) is 5.32 Å². The molecule has 1 amide bonds. The van der Waals surface area contributed by atoms with Gasteiger partial charge in [0.05, 0.1) is 12.1 Å². The van der Waals surface area contributed by atoms with Crippen LogP contribution in [0.25, 0.3) is 0 Å². The summed E-state index contributed by atoms with van der Waals surface area (Å²) in [6, 6.07) is 9.80. The highest BCUT2D eigenvalue weighted by Crippen LogP contribution is 2.29. The van der Waals surface area contributed by atoms with Crippen molar-refractivity contribution in [1.29, 1.82) is 0 Å². The fraction of sp³-hybridized carbons (Fsp3) is 0.100. The van der Waals surface area contributed by atoms with Gasteiger partial charge in [0, 0.05) is 18.0 Å². The molecule has 0 atom stereocenters. The van der Waals surface area contributed by atoms with Crippen molar-refractivity contribution in [2.45, 2.75) is 12.7 Å². The number of alkyl halides is 3. The van der Waals surface area contributed by atoms with Gasteiger partial charge in [-0.15, -0.1) is 0 Å². The summed E-state index contributed by atoms with van der Waals surface area (Å²) in [5, 5.41) is 2.28. The minimum atomic E-state index is -4.52. The minimum Gasteiger partial charge on any atom is -0.322 e. The van der Waals surface area contributed by atoms with Crippen LogP contribution in [0.1, 0.15) is 21.5 Å². The van der Waals surface area contributed by atoms with Crippen LogP contribution in [0.4, 0.5) is 27.6 Å². The molecule has 0 aliphatic heterocycles. The SMILES string of the molecule is O=C(Nc1ccc(F)c(F)c1)c1cccn(Cc2cccc(C(F)(F)F)c2)c1=O. The van der Waals surface area contributed by atoms with E-state index in [-0.39, 0.29) is 23.4 Å². The Bertz CT molecular complexity index is 1120. The van der Waals surface area contributed by atoms with Crippen molar-refractivity contribution in [3.05, 3.63) is 99.5 Å². The van der Waals surface area contributed by atoms with Crippen molar-refractivity contribution in [1.82, 2.24) is 4.57 Å². The van der Waals surface area contributed by atoms with Crippen LogP contribution in [-0.2, 0) is 12.7 Å². The molecule has 3 rings (SSSR count). The Morgan fingerprint density at radius 2 is 1.72 bits per heavy atom. The highest BCUT2D eigenvalue weighted by molar-refractivity contribution is 6.03. The lowest BCUT2D eigenvalue weighted by molar-refractivity contribution is -0.137. The molecule has 0 aliphatic rings. The van der Waals surface area contributed by atoms with E-state index >= 15 is 0 Å². The van der Waals surface area contributed by atoms with E-state index in [0.717, 1.165) is 34.9 Å². The molecule has 0 saturated heterocycles. The molecule has 29 heavy (non-hydrogen) atoms. The monoisotopic (exact) mass is 408 g/mol. The number of aromatic nitrogens is 1. The maximum atomic E-state index is 13.3. The Kier molecular flexibility index (Phi) is 5.49. The van der Waals surface area contributed by atoms with Gasteiger partial charge >= 0.3 is 6.18 Å². The van der Waals surface area contributed by atoms with Crippen molar-refractivity contribution < 1.29 is 26.7 Å². The van der Waals surface area contributed by atoms with Crippen LogP contribution in [-0.4, -0.2) is 10.5 Å². The normalized spacial score (nSPS) is 11.3. The molecular formula is C20H13F5N2O2. The van der Waals surface area contributed by atoms with Crippen molar-refractivity contribution in [2.75, 3.05) is 5.32 Å². The smallest absolute Gasteiger partial charge is 0.322 e. The van der Waals surface area contributed by atoms with Gasteiger partial charge in [0.25, 0.3) is 11.5 Å². The van der Waals surface area contributed by atoms with E-state index in [4.69, 9.17) is 0 Å². The number of carbonyl (C=O) groups excluding carboxylic acids is 1. The number of hydrogen-bond acceptors (Lipinski definition) is 2. The summed E-state index contributed by atoms with van der Waals surface area (Å²) in [5.74, 6) is -3.12. The summed E-state index contributed by atoms with van der Waals surface area (Å²) >= 11 is 0. The van der Waals surface area contributed by atoms with Crippen LogP contribution in [0.3, 0.4) is 0 Å². The maximum absolute atomic E-state index is 13.3. The molecule has 0 spiro atoms. The van der Waals surface area contributed by atoms with Gasteiger partial charge in [-0.05, 0) is 42.0 Å². The Morgan fingerprint density at radius 3 is 2.41 bits per heavy atom. The number of nitrogens with zero attached hydrogens (tertiary/aromatic N) is 1. The topological polar surface area (TPSA) is 51.1 Å². The van der Waals surface area contributed by atoms with E-state index in [1.165, 1.54) is 30.5 Å². The number of benzene rings is 2. The summed E-state index contributed by atoms with van der Waals surface area (Å²) in [7, 11) is 0. The van der Waals surface area contributed by atoms with E-state index in [1.807, 2.05) is 0 Å². The zero-order valence-electron chi connectivity index (χ0n) is 14.6. The third-order valence-electron chi connectivity index (χ3n) is 4.05. The lowest BCUT2D eigenvalue weighted by atomic mass is 10.1. The number of halogens is 5. The van der Waals surface area contributed by atoms with Crippen molar-refractivity contribution >= 4 is 11.6 Å². The van der Waals surface area contributed by atoms with Crippen molar-refractivity contribution in [3.63, 3.8) is 0 Å². The molecule has 0 aliphatic carbocycles. The van der Waals surface area contributed by atoms with Crippen LogP contribution in [0, 0.1) is 11.6 Å². The van der Waals surface area contributed by atoms with Gasteiger partial charge in [-0.25, -0.2) is 8.78 Å². The third kappa shape index (κ3) is 4.68. The predicted octanol–water partition coefficient (Wildman–Crippen LogP) is 4.45. The van der Waals surface area contributed by atoms with E-state index in [9.17, 15) is 31.5 Å². The molecule has 1 aromatic heterocycles. The fourth-order valence-electron chi connectivity index (χ4n) is 2.65. The first-order valence-electron chi connectivity index (χ1n) is 8.27. The molecule has 0 saturated carbocycles. The second-order valence-electron chi connectivity index (χ2n) is 6.14. The predicted molar refractivity (Wildman–Crippen MR) is 95.6 cm³/mol. The molecule has 0 fully saturated rings. The van der Waals surface area contributed by atoms with Gasteiger partial charge in [0.1, 0.15) is 5.56 Å². The number of nitrogens with one attached hydrogen (secondary N) is 1. The molecule has 1 N–H and O–H groups in total. The molecule has 9 heteroatoms. The van der Waals surface area contributed by atoms with Gasteiger partial charge in [-0.1, -0.05) is 12.1 Å². The molecule has 1 heterocycles. The largest absolute Gasteiger partial charge is 0.416 e. The van der Waals surface area contributed by atoms with Gasteiger partial charge in [-0.3, -0.25) is 9.59 Å². The Morgan fingerprint density at radius 1 is 0.966 bits per heavy atom. The van der Waals surface area contributed by atoms with Gasteiger partial charge in [-0.2, -0.15) is 13.2 Å². The summed E-state index contributed by atoms with van der Waals surface area (Å²) in [4.78, 5) is 24.9. The first-order chi connectivity index (χ1) is 13.6. The Balaban J connectivity index is 1.85. The van der Waals surface area contributed by atoms with E-state index in [0.29, 0.717) is 0 Å². The first kappa shape index (κ1) is 20.2. The molecule has 2 aromatic carbocycles. The van der Waals surface area contributed by atoms with Gasteiger partial charge < -0.3 is 9.88 Å². The average molecular weight is 408 g/mol. The molecule has 3 aromatic rings. The quantitative estimate of drug-likeness (QED) is 0.649. The fourth-order valence-corrected chi connectivity index (χ4v) is 2.65. The van der Waals surface area contributed by atoms with Crippen molar-refractivity contribution in [3.8, 4) is 0 Å². The van der Waals surface area contributed by atoms with Crippen LogP contribution < -0.4 is 10.9 Å². The third-order valence-corrected chi connectivity index (χ3v) is 4.05. The van der Waals surface area contributed by atoms with E-state index < -0.39 is 34.8 Å². The summed E-state index contributed by atoms with van der Waals surface area (Å²) in [6.07, 6.45) is -3.19. The number of rotatable bonds is 4. The number of carbonyl (C=O) groups is 1. The Hall–Kier alpha value is -3.49. The van der Waals surface area contributed by atoms with Crippen LogP contribution in [0.2, 0.25) is 0 Å². The molecule has 0 radical (unpaired) electrons. The highest BCUT2D eigenvalue weighted by atomic mass is 19.4. The summed E-state index contributed by atoms with van der Waals surface area (Å²) < 4.78 is 65.8. The van der Waals surface area contributed by atoms with Gasteiger partial charge in [0.2, 0.25) is 0 Å². The summed E-state index contributed by atoms with van der Waals surface area (Å²) in [5.41, 5.74) is -1.73. The second-order valence-corrected chi connectivity index (χ2v) is 6.14. The number of pyridine rings is 1. The number of anilines is 1. The summed E-state index contributed by atoms with van der Waals surface area (Å²) in [6.45, 7) is -0.185. The molecule has 4 nitrogen and oxygen atoms in total. The van der Waals surface area contributed by atoms with Crippen LogP contribution in [0.5, 0.6) is 0 Å². The number of amides is 1. The second kappa shape index (κ2) is 7.86. The zero-order valence-corrected chi connectivity index (χ0v) is 14.6. The average Bonchev–Trinajstić information content (AvgIpc) is 2.66. The lowest BCUT2D eigenvalue weighted by Crippen LogP contribution is -2.29. The van der Waals surface area contributed by atoms with Crippen molar-refractivity contribution in [2.24, 2.45) is 0 Å². The van der Waals surface area contributed by atoms with Gasteiger partial charge in [0.15, 0.2) is 11.6 Å². The molecule has 0 bridgehead atoms.